The van der Waals surface area contributed by atoms with Gasteiger partial charge in [0.2, 0.25) is 5.78 Å². The molecule has 0 unspecified atom stereocenters. The standard InChI is InChI=1S/C21H24N4O5S/c1-14-23-20(12-24(14)2)31(28,29)25-9-7-15(8-10-25)21(27)30-13-19(26)17-11-22-18-6-4-3-5-16(17)18/h3-6,11-12,15,22H,7-10,13H2,1-2H3. The number of fused-ring (bicyclic) bond motifs is 1. The Hall–Kier alpha value is -2.98. The molecule has 1 aromatic carbocycles. The van der Waals surface area contributed by atoms with Crippen molar-refractivity contribution in [3.63, 3.8) is 0 Å². The number of aromatic nitrogens is 3. The number of carbonyl (C=O) groups excluding carboxylic acids is 2. The normalized spacial score (nSPS) is 15.9. The Bertz CT molecular complexity index is 1220. The third kappa shape index (κ3) is 4.13. The van der Waals surface area contributed by atoms with Gasteiger partial charge in [-0.05, 0) is 25.8 Å². The van der Waals surface area contributed by atoms with Gasteiger partial charge in [-0.3, -0.25) is 9.59 Å². The number of hydrogen-bond acceptors (Lipinski definition) is 6. The molecule has 3 heterocycles. The van der Waals surface area contributed by atoms with Gasteiger partial charge in [-0.25, -0.2) is 13.4 Å². The van der Waals surface area contributed by atoms with Crippen LogP contribution >= 0.6 is 0 Å². The lowest BCUT2D eigenvalue weighted by Gasteiger charge is -2.29. The van der Waals surface area contributed by atoms with Crippen LogP contribution in [0.4, 0.5) is 0 Å². The van der Waals surface area contributed by atoms with Crippen molar-refractivity contribution in [2.75, 3.05) is 19.7 Å². The molecule has 10 heteroatoms. The minimum Gasteiger partial charge on any atom is -0.457 e. The van der Waals surface area contributed by atoms with Crippen molar-refractivity contribution < 1.29 is 22.7 Å². The summed E-state index contributed by atoms with van der Waals surface area (Å²) in [6, 6.07) is 7.41. The van der Waals surface area contributed by atoms with E-state index in [2.05, 4.69) is 9.97 Å². The predicted octanol–water partition coefficient (Wildman–Crippen LogP) is 2.04. The quantitative estimate of drug-likeness (QED) is 0.460. The highest BCUT2D eigenvalue weighted by atomic mass is 32.2. The van der Waals surface area contributed by atoms with Gasteiger partial charge >= 0.3 is 5.97 Å². The van der Waals surface area contributed by atoms with Crippen molar-refractivity contribution in [2.45, 2.75) is 24.8 Å². The molecular weight excluding hydrogens is 420 g/mol. The third-order valence-corrected chi connectivity index (χ3v) is 7.48. The number of piperidine rings is 1. The van der Waals surface area contributed by atoms with Gasteiger partial charge in [0.25, 0.3) is 10.0 Å². The molecule has 2 aromatic heterocycles. The van der Waals surface area contributed by atoms with E-state index in [0.717, 1.165) is 10.9 Å². The van der Waals surface area contributed by atoms with Gasteiger partial charge in [0, 0.05) is 49.0 Å². The molecule has 1 saturated heterocycles. The molecule has 0 saturated carbocycles. The first-order chi connectivity index (χ1) is 14.8. The van der Waals surface area contributed by atoms with Crippen molar-refractivity contribution in [1.29, 1.82) is 0 Å². The van der Waals surface area contributed by atoms with E-state index in [1.54, 1.807) is 24.7 Å². The van der Waals surface area contributed by atoms with Gasteiger partial charge in [-0.15, -0.1) is 0 Å². The third-order valence-electron chi connectivity index (χ3n) is 5.71. The van der Waals surface area contributed by atoms with Crippen LogP contribution in [0.2, 0.25) is 0 Å². The molecule has 0 atom stereocenters. The number of ketones is 1. The second-order valence-electron chi connectivity index (χ2n) is 7.69. The van der Waals surface area contributed by atoms with E-state index < -0.39 is 21.9 Å². The molecule has 164 valence electrons. The molecule has 1 N–H and O–H groups in total. The molecule has 1 aliphatic rings. The second-order valence-corrected chi connectivity index (χ2v) is 9.58. The topological polar surface area (TPSA) is 114 Å². The zero-order chi connectivity index (χ0) is 22.2. The zero-order valence-corrected chi connectivity index (χ0v) is 18.2. The fourth-order valence-corrected chi connectivity index (χ4v) is 5.24. The van der Waals surface area contributed by atoms with Crippen LogP contribution in [0.25, 0.3) is 10.9 Å². The smallest absolute Gasteiger partial charge is 0.309 e. The number of ether oxygens (including phenoxy) is 1. The number of H-pyrrole nitrogens is 1. The Kier molecular flexibility index (Phi) is 5.67. The summed E-state index contributed by atoms with van der Waals surface area (Å²) in [7, 11) is -1.96. The lowest BCUT2D eigenvalue weighted by Crippen LogP contribution is -2.41. The summed E-state index contributed by atoms with van der Waals surface area (Å²) in [5.74, 6) is -0.583. The molecule has 1 aliphatic heterocycles. The van der Waals surface area contributed by atoms with E-state index in [0.29, 0.717) is 24.2 Å². The molecule has 4 rings (SSSR count). The van der Waals surface area contributed by atoms with Crippen molar-refractivity contribution in [2.24, 2.45) is 13.0 Å². The first-order valence-corrected chi connectivity index (χ1v) is 11.5. The Labute approximate surface area is 180 Å². The highest BCUT2D eigenvalue weighted by Gasteiger charge is 2.34. The van der Waals surface area contributed by atoms with E-state index in [-0.39, 0.29) is 30.5 Å². The number of rotatable bonds is 6. The average Bonchev–Trinajstić information content (AvgIpc) is 3.35. The molecule has 0 aliphatic carbocycles. The van der Waals surface area contributed by atoms with Crippen molar-refractivity contribution in [1.82, 2.24) is 18.8 Å². The van der Waals surface area contributed by atoms with Crippen molar-refractivity contribution in [3.8, 4) is 0 Å². The summed E-state index contributed by atoms with van der Waals surface area (Å²) in [5, 5.41) is 0.796. The SMILES string of the molecule is Cc1nc(S(=O)(=O)N2CCC(C(=O)OCC(=O)c3c[nH]c4ccccc34)CC2)cn1C. The number of aromatic amines is 1. The zero-order valence-electron chi connectivity index (χ0n) is 17.4. The molecule has 0 radical (unpaired) electrons. The second kappa shape index (κ2) is 8.27. The van der Waals surface area contributed by atoms with Crippen LogP contribution < -0.4 is 0 Å². The van der Waals surface area contributed by atoms with Crippen LogP contribution in [0.15, 0.2) is 41.7 Å². The molecule has 1 fully saturated rings. The maximum absolute atomic E-state index is 12.8. The van der Waals surface area contributed by atoms with Gasteiger partial charge < -0.3 is 14.3 Å². The maximum atomic E-state index is 12.8. The van der Waals surface area contributed by atoms with E-state index in [1.165, 1.54) is 10.5 Å². The predicted molar refractivity (Wildman–Crippen MR) is 113 cm³/mol. The number of nitrogens with zero attached hydrogens (tertiary/aromatic N) is 3. The Balaban J connectivity index is 1.32. The first-order valence-electron chi connectivity index (χ1n) is 10.0. The number of hydrogen-bond donors (Lipinski definition) is 1. The lowest BCUT2D eigenvalue weighted by atomic mass is 9.98. The molecule has 0 bridgehead atoms. The number of imidazole rings is 1. The Morgan fingerprint density at radius 3 is 2.61 bits per heavy atom. The fraction of sp³-hybridized carbons (Fsp3) is 0.381. The average molecular weight is 445 g/mol. The molecular formula is C21H24N4O5S. The number of benzene rings is 1. The van der Waals surface area contributed by atoms with Crippen molar-refractivity contribution in [3.05, 3.63) is 48.0 Å². The number of sulfonamides is 1. The van der Waals surface area contributed by atoms with Crippen LogP contribution in [0.5, 0.6) is 0 Å². The number of nitrogens with one attached hydrogen (secondary N) is 1. The Morgan fingerprint density at radius 1 is 1.23 bits per heavy atom. The van der Waals surface area contributed by atoms with Crippen molar-refractivity contribution >= 4 is 32.7 Å². The molecule has 31 heavy (non-hydrogen) atoms. The fourth-order valence-electron chi connectivity index (χ4n) is 3.75. The van der Waals surface area contributed by atoms with E-state index in [1.807, 2.05) is 24.3 Å². The van der Waals surface area contributed by atoms with E-state index in [9.17, 15) is 18.0 Å². The van der Waals surface area contributed by atoms with Crippen LogP contribution in [0.1, 0.15) is 29.0 Å². The van der Waals surface area contributed by atoms with E-state index >= 15 is 0 Å². The maximum Gasteiger partial charge on any atom is 0.309 e. The highest BCUT2D eigenvalue weighted by molar-refractivity contribution is 7.89. The number of para-hydroxylation sites is 1. The molecule has 0 amide bonds. The highest BCUT2D eigenvalue weighted by Crippen LogP contribution is 2.25. The van der Waals surface area contributed by atoms with Gasteiger partial charge in [-0.1, -0.05) is 18.2 Å². The Morgan fingerprint density at radius 2 is 1.94 bits per heavy atom. The van der Waals surface area contributed by atoms with E-state index in [4.69, 9.17) is 4.74 Å². The minimum atomic E-state index is -3.70. The van der Waals surface area contributed by atoms with Crippen LogP contribution in [-0.2, 0) is 26.6 Å². The number of Topliss-reactive ketones (excluding diaryl/α,β-unsaturated/α-hetero) is 1. The number of carbonyl (C=O) groups is 2. The van der Waals surface area contributed by atoms with Gasteiger partial charge in [-0.2, -0.15) is 4.31 Å². The summed E-state index contributed by atoms with van der Waals surface area (Å²) < 4.78 is 33.8. The van der Waals surface area contributed by atoms with Gasteiger partial charge in [0.1, 0.15) is 5.82 Å². The lowest BCUT2D eigenvalue weighted by molar-refractivity contribution is -0.148. The van der Waals surface area contributed by atoms with Crippen LogP contribution in [0.3, 0.4) is 0 Å². The summed E-state index contributed by atoms with van der Waals surface area (Å²) in [4.78, 5) is 32.1. The number of esters is 1. The van der Waals surface area contributed by atoms with Crippen LogP contribution in [-0.4, -0.2) is 58.7 Å². The van der Waals surface area contributed by atoms with Gasteiger partial charge in [0.15, 0.2) is 11.6 Å². The molecule has 0 spiro atoms. The molecule has 9 nitrogen and oxygen atoms in total. The number of aryl methyl sites for hydroxylation is 2. The monoisotopic (exact) mass is 444 g/mol. The summed E-state index contributed by atoms with van der Waals surface area (Å²) in [6.07, 6.45) is 3.78. The molecule has 3 aromatic rings. The van der Waals surface area contributed by atoms with Crippen LogP contribution in [0, 0.1) is 12.8 Å². The van der Waals surface area contributed by atoms with Gasteiger partial charge in [0.05, 0.1) is 5.92 Å². The summed E-state index contributed by atoms with van der Waals surface area (Å²) in [5.41, 5.74) is 1.32. The first kappa shape index (κ1) is 21.3. The largest absolute Gasteiger partial charge is 0.457 e. The summed E-state index contributed by atoms with van der Waals surface area (Å²) >= 11 is 0. The minimum absolute atomic E-state index is 0.0119. The summed E-state index contributed by atoms with van der Waals surface area (Å²) in [6.45, 7) is 1.80.